The van der Waals surface area contributed by atoms with Crippen molar-refractivity contribution in [3.8, 4) is 0 Å². The molecule has 0 aromatic rings. The molecule has 0 bridgehead atoms. The normalized spacial score (nSPS) is 22.7. The van der Waals surface area contributed by atoms with Gasteiger partial charge in [0.15, 0.2) is 16.1 Å². The maximum Gasteiger partial charge on any atom is 0.158 e. The molecule has 1 fully saturated rings. The Morgan fingerprint density at radius 1 is 1.28 bits per heavy atom. The molecule has 0 aliphatic carbocycles. The zero-order valence-electron chi connectivity index (χ0n) is 11.4. The van der Waals surface area contributed by atoms with E-state index in [0.29, 0.717) is 24.7 Å². The van der Waals surface area contributed by atoms with E-state index in [2.05, 4.69) is 5.32 Å². The average Bonchev–Trinajstić information content (AvgIpc) is 2.65. The lowest BCUT2D eigenvalue weighted by atomic mass is 10.1. The Kier molecular flexibility index (Phi) is 7.14. The maximum absolute atomic E-state index is 11.3. The fraction of sp³-hybridized carbons (Fsp3) is 1.00. The van der Waals surface area contributed by atoms with Crippen LogP contribution < -0.4 is 5.32 Å². The van der Waals surface area contributed by atoms with Gasteiger partial charge in [0.05, 0.1) is 11.5 Å². The molecule has 0 aromatic carbocycles. The SMILES string of the molecule is CCOC(CCNCC1CCS(=O)(=O)C1)OCC. The van der Waals surface area contributed by atoms with Crippen LogP contribution in [0.25, 0.3) is 0 Å². The number of nitrogens with one attached hydrogen (secondary N) is 1. The maximum atomic E-state index is 11.3. The second-order valence-corrected chi connectivity index (χ2v) is 6.83. The summed E-state index contributed by atoms with van der Waals surface area (Å²) in [6.07, 6.45) is 1.43. The fourth-order valence-electron chi connectivity index (χ4n) is 2.15. The van der Waals surface area contributed by atoms with Crippen LogP contribution in [0.2, 0.25) is 0 Å². The zero-order valence-corrected chi connectivity index (χ0v) is 12.2. The molecular formula is C12H25NO4S. The summed E-state index contributed by atoms with van der Waals surface area (Å²) < 4.78 is 33.4. The largest absolute Gasteiger partial charge is 0.353 e. The van der Waals surface area contributed by atoms with Gasteiger partial charge in [-0.2, -0.15) is 0 Å². The standard InChI is InChI=1S/C12H25NO4S/c1-3-16-12(17-4-2)5-7-13-9-11-6-8-18(14,15)10-11/h11-13H,3-10H2,1-2H3. The second kappa shape index (κ2) is 8.09. The minimum Gasteiger partial charge on any atom is -0.353 e. The van der Waals surface area contributed by atoms with Crippen molar-refractivity contribution >= 4 is 9.84 Å². The van der Waals surface area contributed by atoms with Crippen LogP contribution in [0.5, 0.6) is 0 Å². The number of rotatable bonds is 9. The number of hydrogen-bond donors (Lipinski definition) is 1. The first-order chi connectivity index (χ1) is 8.57. The molecule has 1 aliphatic rings. The smallest absolute Gasteiger partial charge is 0.158 e. The molecule has 1 rings (SSSR count). The van der Waals surface area contributed by atoms with Crippen LogP contribution in [-0.4, -0.2) is 52.5 Å². The summed E-state index contributed by atoms with van der Waals surface area (Å²) in [5, 5.41) is 3.29. The number of hydrogen-bond acceptors (Lipinski definition) is 5. The molecule has 1 saturated heterocycles. The summed E-state index contributed by atoms with van der Waals surface area (Å²) in [4.78, 5) is 0. The Morgan fingerprint density at radius 3 is 2.44 bits per heavy atom. The van der Waals surface area contributed by atoms with Crippen LogP contribution >= 0.6 is 0 Å². The van der Waals surface area contributed by atoms with Crippen molar-refractivity contribution in [2.45, 2.75) is 33.0 Å². The molecule has 1 atom stereocenters. The van der Waals surface area contributed by atoms with Crippen LogP contribution in [0.4, 0.5) is 0 Å². The van der Waals surface area contributed by atoms with Crippen molar-refractivity contribution in [1.29, 1.82) is 0 Å². The van der Waals surface area contributed by atoms with E-state index in [4.69, 9.17) is 9.47 Å². The third kappa shape index (κ3) is 6.13. The highest BCUT2D eigenvalue weighted by molar-refractivity contribution is 7.91. The van der Waals surface area contributed by atoms with Gasteiger partial charge in [0, 0.05) is 19.6 Å². The van der Waals surface area contributed by atoms with Gasteiger partial charge in [0.25, 0.3) is 0 Å². The lowest BCUT2D eigenvalue weighted by molar-refractivity contribution is -0.138. The van der Waals surface area contributed by atoms with Gasteiger partial charge in [0.1, 0.15) is 0 Å². The van der Waals surface area contributed by atoms with Crippen LogP contribution in [0.3, 0.4) is 0 Å². The fourth-order valence-corrected chi connectivity index (χ4v) is 4.01. The highest BCUT2D eigenvalue weighted by Gasteiger charge is 2.27. The van der Waals surface area contributed by atoms with E-state index < -0.39 is 9.84 Å². The van der Waals surface area contributed by atoms with Crippen LogP contribution in [0.1, 0.15) is 26.7 Å². The molecule has 5 nitrogen and oxygen atoms in total. The van der Waals surface area contributed by atoms with Gasteiger partial charge in [-0.1, -0.05) is 0 Å². The summed E-state index contributed by atoms with van der Waals surface area (Å²) in [6.45, 7) is 6.74. The zero-order chi connectivity index (χ0) is 13.4. The third-order valence-electron chi connectivity index (χ3n) is 3.02. The summed E-state index contributed by atoms with van der Waals surface area (Å²) in [6, 6.07) is 0. The molecule has 0 radical (unpaired) electrons. The third-order valence-corrected chi connectivity index (χ3v) is 4.86. The quantitative estimate of drug-likeness (QED) is 0.499. The Balaban J connectivity index is 2.10. The lowest BCUT2D eigenvalue weighted by Crippen LogP contribution is -2.28. The molecule has 6 heteroatoms. The van der Waals surface area contributed by atoms with Gasteiger partial charge in [-0.3, -0.25) is 0 Å². The van der Waals surface area contributed by atoms with Crippen molar-refractivity contribution in [1.82, 2.24) is 5.32 Å². The van der Waals surface area contributed by atoms with Gasteiger partial charge in [-0.25, -0.2) is 8.42 Å². The predicted molar refractivity (Wildman–Crippen MR) is 71.3 cm³/mol. The molecule has 108 valence electrons. The molecular weight excluding hydrogens is 254 g/mol. The molecule has 1 aliphatic heterocycles. The van der Waals surface area contributed by atoms with E-state index in [0.717, 1.165) is 25.9 Å². The van der Waals surface area contributed by atoms with E-state index in [1.54, 1.807) is 0 Å². The van der Waals surface area contributed by atoms with Crippen molar-refractivity contribution < 1.29 is 17.9 Å². The molecule has 1 unspecified atom stereocenters. The average molecular weight is 279 g/mol. The van der Waals surface area contributed by atoms with Crippen LogP contribution in [-0.2, 0) is 19.3 Å². The van der Waals surface area contributed by atoms with Gasteiger partial charge in [-0.15, -0.1) is 0 Å². The van der Waals surface area contributed by atoms with E-state index in [9.17, 15) is 8.42 Å². The second-order valence-electron chi connectivity index (χ2n) is 4.60. The van der Waals surface area contributed by atoms with Gasteiger partial charge < -0.3 is 14.8 Å². The van der Waals surface area contributed by atoms with Crippen molar-refractivity contribution in [2.24, 2.45) is 5.92 Å². The molecule has 1 heterocycles. The van der Waals surface area contributed by atoms with E-state index in [1.807, 2.05) is 13.8 Å². The predicted octanol–water partition coefficient (Wildman–Crippen LogP) is 0.800. The van der Waals surface area contributed by atoms with Crippen molar-refractivity contribution in [3.63, 3.8) is 0 Å². The monoisotopic (exact) mass is 279 g/mol. The Hall–Kier alpha value is -0.170. The molecule has 0 aromatic heterocycles. The topological polar surface area (TPSA) is 64.6 Å². The number of sulfone groups is 1. The Morgan fingerprint density at radius 2 is 1.94 bits per heavy atom. The van der Waals surface area contributed by atoms with Crippen LogP contribution in [0, 0.1) is 5.92 Å². The van der Waals surface area contributed by atoms with E-state index in [-0.39, 0.29) is 12.2 Å². The van der Waals surface area contributed by atoms with Crippen LogP contribution in [0.15, 0.2) is 0 Å². The van der Waals surface area contributed by atoms with Crippen molar-refractivity contribution in [2.75, 3.05) is 37.8 Å². The van der Waals surface area contributed by atoms with E-state index in [1.165, 1.54) is 0 Å². The summed E-state index contributed by atoms with van der Waals surface area (Å²) in [7, 11) is -2.76. The first-order valence-electron chi connectivity index (χ1n) is 6.71. The lowest BCUT2D eigenvalue weighted by Gasteiger charge is -2.17. The summed E-state index contributed by atoms with van der Waals surface area (Å²) in [5.41, 5.74) is 0. The highest BCUT2D eigenvalue weighted by atomic mass is 32.2. The highest BCUT2D eigenvalue weighted by Crippen LogP contribution is 2.17. The molecule has 0 saturated carbocycles. The minimum atomic E-state index is -2.76. The molecule has 1 N–H and O–H groups in total. The molecule has 0 spiro atoms. The first-order valence-corrected chi connectivity index (χ1v) is 8.54. The van der Waals surface area contributed by atoms with Crippen molar-refractivity contribution in [3.05, 3.63) is 0 Å². The number of ether oxygens (including phenoxy) is 2. The van der Waals surface area contributed by atoms with E-state index >= 15 is 0 Å². The molecule has 18 heavy (non-hydrogen) atoms. The molecule has 0 amide bonds. The Bertz CT molecular complexity index is 312. The minimum absolute atomic E-state index is 0.153. The van der Waals surface area contributed by atoms with Gasteiger partial charge in [-0.05, 0) is 39.3 Å². The first kappa shape index (κ1) is 15.9. The summed E-state index contributed by atoms with van der Waals surface area (Å²) >= 11 is 0. The summed E-state index contributed by atoms with van der Waals surface area (Å²) in [5.74, 6) is 0.952. The van der Waals surface area contributed by atoms with Gasteiger partial charge in [0.2, 0.25) is 0 Å². The van der Waals surface area contributed by atoms with Gasteiger partial charge >= 0.3 is 0 Å². The Labute approximate surface area is 110 Å².